The van der Waals surface area contributed by atoms with Crippen LogP contribution in [0.3, 0.4) is 0 Å². The molecule has 3 heteroatoms. The third kappa shape index (κ3) is 4.91. The molecule has 3 aromatic carbocycles. The standard InChI is InChI=1S/C24H24N2O/c1-24(2,3)22-15-9-18(10-16-22)17-25-26-23(27)21-13-11-20(12-14-21)19-7-5-4-6-8-19/h4-17H,1-3H3,(H,26,27). The Morgan fingerprint density at radius 1 is 0.815 bits per heavy atom. The Kier molecular flexibility index (Phi) is 5.51. The van der Waals surface area contributed by atoms with Crippen molar-refractivity contribution in [2.75, 3.05) is 0 Å². The van der Waals surface area contributed by atoms with Crippen molar-refractivity contribution < 1.29 is 4.79 Å². The largest absolute Gasteiger partial charge is 0.271 e. The number of benzene rings is 3. The second-order valence-electron chi connectivity index (χ2n) is 7.51. The van der Waals surface area contributed by atoms with E-state index in [1.807, 2.05) is 66.7 Å². The molecule has 0 saturated carbocycles. The third-order valence-electron chi connectivity index (χ3n) is 4.41. The van der Waals surface area contributed by atoms with E-state index in [1.54, 1.807) is 6.21 Å². The van der Waals surface area contributed by atoms with Gasteiger partial charge in [-0.1, -0.05) is 87.5 Å². The molecule has 0 radical (unpaired) electrons. The molecule has 0 aromatic heterocycles. The van der Waals surface area contributed by atoms with Gasteiger partial charge in [-0.05, 0) is 39.8 Å². The van der Waals surface area contributed by atoms with E-state index in [-0.39, 0.29) is 11.3 Å². The van der Waals surface area contributed by atoms with Crippen LogP contribution in [0.1, 0.15) is 42.3 Å². The van der Waals surface area contributed by atoms with Gasteiger partial charge in [0, 0.05) is 5.56 Å². The number of carbonyl (C=O) groups is 1. The lowest BCUT2D eigenvalue weighted by Crippen LogP contribution is -2.17. The molecule has 0 heterocycles. The number of nitrogens with one attached hydrogen (secondary N) is 1. The molecular formula is C24H24N2O. The van der Waals surface area contributed by atoms with Crippen molar-refractivity contribution >= 4 is 12.1 Å². The fraction of sp³-hybridized carbons (Fsp3) is 0.167. The minimum atomic E-state index is -0.225. The van der Waals surface area contributed by atoms with Crippen LogP contribution in [-0.2, 0) is 5.41 Å². The second kappa shape index (κ2) is 8.00. The van der Waals surface area contributed by atoms with E-state index in [0.717, 1.165) is 16.7 Å². The minimum absolute atomic E-state index is 0.121. The van der Waals surface area contributed by atoms with Gasteiger partial charge in [-0.2, -0.15) is 5.10 Å². The number of hydrazone groups is 1. The summed E-state index contributed by atoms with van der Waals surface area (Å²) >= 11 is 0. The molecule has 1 amide bonds. The van der Waals surface area contributed by atoms with E-state index in [9.17, 15) is 4.79 Å². The Labute approximate surface area is 160 Å². The summed E-state index contributed by atoms with van der Waals surface area (Å²) in [6.45, 7) is 6.54. The van der Waals surface area contributed by atoms with Crippen molar-refractivity contribution in [1.82, 2.24) is 5.43 Å². The maximum absolute atomic E-state index is 12.2. The van der Waals surface area contributed by atoms with E-state index >= 15 is 0 Å². The molecule has 136 valence electrons. The maximum atomic E-state index is 12.2. The highest BCUT2D eigenvalue weighted by atomic mass is 16.2. The average molecular weight is 356 g/mol. The second-order valence-corrected chi connectivity index (χ2v) is 7.51. The molecule has 0 bridgehead atoms. The monoisotopic (exact) mass is 356 g/mol. The lowest BCUT2D eigenvalue weighted by molar-refractivity contribution is 0.0955. The van der Waals surface area contributed by atoms with Gasteiger partial charge in [0.15, 0.2) is 0 Å². The molecule has 3 rings (SSSR count). The zero-order chi connectivity index (χ0) is 19.3. The highest BCUT2D eigenvalue weighted by molar-refractivity contribution is 5.95. The highest BCUT2D eigenvalue weighted by Crippen LogP contribution is 2.22. The first-order valence-corrected chi connectivity index (χ1v) is 9.03. The lowest BCUT2D eigenvalue weighted by atomic mass is 9.87. The Bertz CT molecular complexity index is 919. The van der Waals surface area contributed by atoms with Gasteiger partial charge in [-0.3, -0.25) is 4.79 Å². The van der Waals surface area contributed by atoms with Gasteiger partial charge >= 0.3 is 0 Å². The summed E-state index contributed by atoms with van der Waals surface area (Å²) in [5.74, 6) is -0.225. The van der Waals surface area contributed by atoms with Gasteiger partial charge in [-0.25, -0.2) is 5.43 Å². The summed E-state index contributed by atoms with van der Waals surface area (Å²) in [7, 11) is 0. The van der Waals surface area contributed by atoms with Crippen LogP contribution >= 0.6 is 0 Å². The van der Waals surface area contributed by atoms with E-state index in [1.165, 1.54) is 5.56 Å². The first-order chi connectivity index (χ1) is 12.9. The molecule has 0 spiro atoms. The molecule has 0 saturated heterocycles. The van der Waals surface area contributed by atoms with Crippen molar-refractivity contribution in [2.45, 2.75) is 26.2 Å². The van der Waals surface area contributed by atoms with Gasteiger partial charge in [-0.15, -0.1) is 0 Å². The van der Waals surface area contributed by atoms with Gasteiger partial charge in [0.05, 0.1) is 6.21 Å². The molecule has 0 unspecified atom stereocenters. The Morgan fingerprint density at radius 3 is 2.00 bits per heavy atom. The van der Waals surface area contributed by atoms with Crippen LogP contribution in [0.15, 0.2) is 84.0 Å². The smallest absolute Gasteiger partial charge is 0.267 e. The van der Waals surface area contributed by atoms with Gasteiger partial charge in [0.25, 0.3) is 5.91 Å². The molecule has 0 atom stereocenters. The van der Waals surface area contributed by atoms with E-state index in [0.29, 0.717) is 5.56 Å². The van der Waals surface area contributed by atoms with E-state index in [2.05, 4.69) is 43.4 Å². The summed E-state index contributed by atoms with van der Waals surface area (Å²) in [4.78, 5) is 12.2. The number of carbonyl (C=O) groups excluding carboxylic acids is 1. The summed E-state index contributed by atoms with van der Waals surface area (Å²) in [5, 5.41) is 4.07. The highest BCUT2D eigenvalue weighted by Gasteiger charge is 2.12. The van der Waals surface area contributed by atoms with Crippen molar-refractivity contribution in [2.24, 2.45) is 5.10 Å². The normalized spacial score (nSPS) is 11.5. The van der Waals surface area contributed by atoms with Crippen LogP contribution < -0.4 is 5.43 Å². The summed E-state index contributed by atoms with van der Waals surface area (Å²) < 4.78 is 0. The molecule has 0 aliphatic carbocycles. The van der Waals surface area contributed by atoms with Gasteiger partial charge < -0.3 is 0 Å². The SMILES string of the molecule is CC(C)(C)c1ccc(C=NNC(=O)c2ccc(-c3ccccc3)cc2)cc1. The molecule has 0 aliphatic rings. The van der Waals surface area contributed by atoms with Crippen LogP contribution in [0, 0.1) is 0 Å². The number of nitrogens with zero attached hydrogens (tertiary/aromatic N) is 1. The fourth-order valence-corrected chi connectivity index (χ4v) is 2.74. The van der Waals surface area contributed by atoms with Crippen LogP contribution in [0.5, 0.6) is 0 Å². The minimum Gasteiger partial charge on any atom is -0.267 e. The maximum Gasteiger partial charge on any atom is 0.271 e. The predicted octanol–water partition coefficient (Wildman–Crippen LogP) is 5.42. The quantitative estimate of drug-likeness (QED) is 0.492. The van der Waals surface area contributed by atoms with Crippen LogP contribution in [0.2, 0.25) is 0 Å². The topological polar surface area (TPSA) is 41.5 Å². The predicted molar refractivity (Wildman–Crippen MR) is 112 cm³/mol. The van der Waals surface area contributed by atoms with Crippen molar-refractivity contribution in [3.8, 4) is 11.1 Å². The zero-order valence-corrected chi connectivity index (χ0v) is 15.9. The molecular weight excluding hydrogens is 332 g/mol. The van der Waals surface area contributed by atoms with Gasteiger partial charge in [0.1, 0.15) is 0 Å². The summed E-state index contributed by atoms with van der Waals surface area (Å²) in [6.07, 6.45) is 1.66. The van der Waals surface area contributed by atoms with Crippen LogP contribution in [-0.4, -0.2) is 12.1 Å². The van der Waals surface area contributed by atoms with E-state index in [4.69, 9.17) is 0 Å². The van der Waals surface area contributed by atoms with Crippen LogP contribution in [0.25, 0.3) is 11.1 Å². The Balaban J connectivity index is 1.61. The summed E-state index contributed by atoms with van der Waals surface area (Å²) in [5.41, 5.74) is 7.70. The van der Waals surface area contributed by atoms with Gasteiger partial charge in [0.2, 0.25) is 0 Å². The molecule has 3 nitrogen and oxygen atoms in total. The fourth-order valence-electron chi connectivity index (χ4n) is 2.74. The molecule has 27 heavy (non-hydrogen) atoms. The number of rotatable bonds is 4. The zero-order valence-electron chi connectivity index (χ0n) is 15.9. The number of hydrogen-bond donors (Lipinski definition) is 1. The lowest BCUT2D eigenvalue weighted by Gasteiger charge is -2.18. The number of hydrogen-bond acceptors (Lipinski definition) is 2. The molecule has 3 aromatic rings. The van der Waals surface area contributed by atoms with Crippen molar-refractivity contribution in [3.05, 3.63) is 95.6 Å². The number of amides is 1. The first kappa shape index (κ1) is 18.6. The summed E-state index contributed by atoms with van der Waals surface area (Å²) in [6, 6.07) is 25.8. The average Bonchev–Trinajstić information content (AvgIpc) is 2.68. The van der Waals surface area contributed by atoms with E-state index < -0.39 is 0 Å². The van der Waals surface area contributed by atoms with Crippen molar-refractivity contribution in [3.63, 3.8) is 0 Å². The van der Waals surface area contributed by atoms with Crippen LogP contribution in [0.4, 0.5) is 0 Å². The molecule has 0 aliphatic heterocycles. The third-order valence-corrected chi connectivity index (χ3v) is 4.41. The molecule has 0 fully saturated rings. The first-order valence-electron chi connectivity index (χ1n) is 9.03. The van der Waals surface area contributed by atoms with Crippen molar-refractivity contribution in [1.29, 1.82) is 0 Å². The molecule has 1 N–H and O–H groups in total. The Morgan fingerprint density at radius 2 is 1.41 bits per heavy atom. The Hall–Kier alpha value is -3.20.